The lowest BCUT2D eigenvalue weighted by Gasteiger charge is -2.04. The molecule has 0 spiro atoms. The highest BCUT2D eigenvalue weighted by molar-refractivity contribution is 5.88. The molecule has 3 heteroatoms. The fraction of sp³-hybridized carbons (Fsp3) is 0.500. The molecule has 0 unspecified atom stereocenters. The molecule has 0 bridgehead atoms. The smallest absolute Gasteiger partial charge is 0.244 e. The summed E-state index contributed by atoms with van der Waals surface area (Å²) in [6.45, 7) is 5.85. The maximum atomic E-state index is 11.1. The van der Waals surface area contributed by atoms with Crippen LogP contribution < -0.4 is 10.6 Å². The van der Waals surface area contributed by atoms with Gasteiger partial charge in [-0.3, -0.25) is 4.79 Å². The zero-order chi connectivity index (χ0) is 9.68. The lowest BCUT2D eigenvalue weighted by molar-refractivity contribution is -0.116. The average molecular weight is 180 g/mol. The van der Waals surface area contributed by atoms with E-state index in [4.69, 9.17) is 0 Å². The molecule has 72 valence electrons. The topological polar surface area (TPSA) is 41.1 Å². The average Bonchev–Trinajstić information content (AvgIpc) is 2.32. The summed E-state index contributed by atoms with van der Waals surface area (Å²) < 4.78 is 0. The molecule has 0 atom stereocenters. The van der Waals surface area contributed by atoms with Crippen molar-refractivity contribution >= 4 is 5.91 Å². The summed E-state index contributed by atoms with van der Waals surface area (Å²) >= 11 is 0. The van der Waals surface area contributed by atoms with Gasteiger partial charge in [0.05, 0.1) is 0 Å². The van der Waals surface area contributed by atoms with Crippen LogP contribution in [-0.4, -0.2) is 26.0 Å². The van der Waals surface area contributed by atoms with Crippen molar-refractivity contribution in [3.8, 4) is 0 Å². The van der Waals surface area contributed by atoms with Crippen molar-refractivity contribution in [2.45, 2.75) is 12.8 Å². The van der Waals surface area contributed by atoms with E-state index in [0.29, 0.717) is 0 Å². The van der Waals surface area contributed by atoms with Gasteiger partial charge in [-0.05, 0) is 31.5 Å². The monoisotopic (exact) mass is 180 g/mol. The summed E-state index contributed by atoms with van der Waals surface area (Å²) in [5.74, 6) is -0.0435. The summed E-state index contributed by atoms with van der Waals surface area (Å²) in [5.41, 5.74) is 2.15. The van der Waals surface area contributed by atoms with Gasteiger partial charge in [0, 0.05) is 13.1 Å². The second kappa shape index (κ2) is 4.82. The van der Waals surface area contributed by atoms with E-state index in [0.717, 1.165) is 37.1 Å². The van der Waals surface area contributed by atoms with Crippen molar-refractivity contribution in [1.82, 2.24) is 10.6 Å². The molecule has 0 aromatic heterocycles. The largest absolute Gasteiger partial charge is 0.356 e. The summed E-state index contributed by atoms with van der Waals surface area (Å²) in [6.07, 6.45) is 3.48. The normalized spacial score (nSPS) is 21.3. The first kappa shape index (κ1) is 9.99. The van der Waals surface area contributed by atoms with Gasteiger partial charge in [-0.15, -0.1) is 0 Å². The second-order valence-corrected chi connectivity index (χ2v) is 3.14. The predicted molar refractivity (Wildman–Crippen MR) is 53.4 cm³/mol. The van der Waals surface area contributed by atoms with Gasteiger partial charge in [0.1, 0.15) is 0 Å². The van der Waals surface area contributed by atoms with Gasteiger partial charge < -0.3 is 10.6 Å². The van der Waals surface area contributed by atoms with E-state index >= 15 is 0 Å². The lowest BCUT2D eigenvalue weighted by atomic mass is 10.0. The Hall–Kier alpha value is -1.09. The molecule has 1 saturated heterocycles. The fourth-order valence-electron chi connectivity index (χ4n) is 1.33. The van der Waals surface area contributed by atoms with Gasteiger partial charge in [0.2, 0.25) is 5.91 Å². The molecule has 0 radical (unpaired) electrons. The van der Waals surface area contributed by atoms with Crippen LogP contribution in [0.1, 0.15) is 12.8 Å². The first-order chi connectivity index (χ1) is 6.24. The minimum Gasteiger partial charge on any atom is -0.356 e. The van der Waals surface area contributed by atoms with E-state index in [1.54, 1.807) is 13.1 Å². The van der Waals surface area contributed by atoms with Crippen LogP contribution in [0.15, 0.2) is 23.8 Å². The Morgan fingerprint density at radius 3 is 2.92 bits per heavy atom. The maximum Gasteiger partial charge on any atom is 0.244 e. The number of carbonyl (C=O) groups excluding carboxylic acids is 1. The number of nitrogens with one attached hydrogen (secondary N) is 2. The van der Waals surface area contributed by atoms with Gasteiger partial charge in [-0.2, -0.15) is 0 Å². The number of rotatable bonds is 1. The molecule has 0 saturated carbocycles. The van der Waals surface area contributed by atoms with Crippen LogP contribution in [-0.2, 0) is 4.79 Å². The number of hydrogen-bond donors (Lipinski definition) is 2. The maximum absolute atomic E-state index is 11.1. The fourth-order valence-corrected chi connectivity index (χ4v) is 1.33. The van der Waals surface area contributed by atoms with Crippen molar-refractivity contribution < 1.29 is 4.79 Å². The van der Waals surface area contributed by atoms with Gasteiger partial charge in [0.25, 0.3) is 0 Å². The molecule has 0 aromatic carbocycles. The van der Waals surface area contributed by atoms with Crippen molar-refractivity contribution in [1.29, 1.82) is 0 Å². The zero-order valence-electron chi connectivity index (χ0n) is 8.02. The zero-order valence-corrected chi connectivity index (χ0v) is 8.02. The van der Waals surface area contributed by atoms with Crippen LogP contribution in [0.3, 0.4) is 0 Å². The minimum absolute atomic E-state index is 0.0435. The predicted octanol–water partition coefficient (Wildman–Crippen LogP) is 0.598. The van der Waals surface area contributed by atoms with Crippen molar-refractivity contribution in [2.24, 2.45) is 0 Å². The Balaban J connectivity index is 2.69. The number of amides is 1. The number of carbonyl (C=O) groups is 1. The van der Waals surface area contributed by atoms with Crippen LogP contribution in [0.2, 0.25) is 0 Å². The molecular formula is C10H16N2O. The van der Waals surface area contributed by atoms with Crippen LogP contribution >= 0.6 is 0 Å². The highest BCUT2D eigenvalue weighted by Gasteiger charge is 2.08. The molecule has 2 N–H and O–H groups in total. The van der Waals surface area contributed by atoms with Crippen molar-refractivity contribution in [3.05, 3.63) is 23.8 Å². The highest BCUT2D eigenvalue weighted by Crippen LogP contribution is 2.17. The Morgan fingerprint density at radius 1 is 1.54 bits per heavy atom. The van der Waals surface area contributed by atoms with Crippen LogP contribution in [0.5, 0.6) is 0 Å². The van der Waals surface area contributed by atoms with E-state index in [-0.39, 0.29) is 5.91 Å². The minimum atomic E-state index is -0.0435. The van der Waals surface area contributed by atoms with Gasteiger partial charge >= 0.3 is 0 Å². The third-order valence-electron chi connectivity index (χ3n) is 2.18. The van der Waals surface area contributed by atoms with Crippen molar-refractivity contribution in [3.63, 3.8) is 0 Å². The number of hydrogen-bond acceptors (Lipinski definition) is 2. The molecule has 0 aromatic rings. The molecular weight excluding hydrogens is 164 g/mol. The van der Waals surface area contributed by atoms with E-state index in [2.05, 4.69) is 17.2 Å². The molecule has 1 rings (SSSR count). The third kappa shape index (κ3) is 3.03. The van der Waals surface area contributed by atoms with Gasteiger partial charge in [0.15, 0.2) is 0 Å². The molecule has 0 aliphatic carbocycles. The van der Waals surface area contributed by atoms with E-state index in [9.17, 15) is 4.79 Å². The molecule has 1 aliphatic heterocycles. The van der Waals surface area contributed by atoms with Gasteiger partial charge in [-0.25, -0.2) is 0 Å². The van der Waals surface area contributed by atoms with E-state index in [1.165, 1.54) is 0 Å². The Labute approximate surface area is 78.9 Å². The summed E-state index contributed by atoms with van der Waals surface area (Å²) in [7, 11) is 1.64. The molecule has 1 heterocycles. The summed E-state index contributed by atoms with van der Waals surface area (Å²) in [4.78, 5) is 11.1. The number of likely N-dealkylation sites (N-methyl/N-ethyl adjacent to an activating group) is 1. The summed E-state index contributed by atoms with van der Waals surface area (Å²) in [6, 6.07) is 0. The second-order valence-electron chi connectivity index (χ2n) is 3.14. The first-order valence-corrected chi connectivity index (χ1v) is 4.55. The lowest BCUT2D eigenvalue weighted by Crippen LogP contribution is -2.15. The van der Waals surface area contributed by atoms with Crippen LogP contribution in [0.4, 0.5) is 0 Å². The van der Waals surface area contributed by atoms with E-state index in [1.807, 2.05) is 0 Å². The highest BCUT2D eigenvalue weighted by atomic mass is 16.1. The SMILES string of the molecule is C=C1CCNCC/C1=C/C(=O)NC. The molecule has 3 nitrogen and oxygen atoms in total. The molecule has 13 heavy (non-hydrogen) atoms. The van der Waals surface area contributed by atoms with Gasteiger partial charge in [-0.1, -0.05) is 12.2 Å². The van der Waals surface area contributed by atoms with Crippen LogP contribution in [0, 0.1) is 0 Å². The third-order valence-corrected chi connectivity index (χ3v) is 2.18. The first-order valence-electron chi connectivity index (χ1n) is 4.55. The summed E-state index contributed by atoms with van der Waals surface area (Å²) in [5, 5.41) is 5.84. The Bertz CT molecular complexity index is 243. The van der Waals surface area contributed by atoms with E-state index < -0.39 is 0 Å². The Kier molecular flexibility index (Phi) is 3.71. The molecule has 1 aliphatic rings. The molecule has 1 amide bonds. The quantitative estimate of drug-likeness (QED) is 0.580. The van der Waals surface area contributed by atoms with Crippen molar-refractivity contribution in [2.75, 3.05) is 20.1 Å². The Morgan fingerprint density at radius 2 is 2.23 bits per heavy atom. The van der Waals surface area contributed by atoms with Crippen LogP contribution in [0.25, 0.3) is 0 Å². The molecule has 1 fully saturated rings. The standard InChI is InChI=1S/C10H16N2O/c1-8-3-5-12-6-4-9(8)7-10(13)11-2/h7,12H,1,3-6H2,2H3,(H,11,13)/b9-7-.